The van der Waals surface area contributed by atoms with Crippen LogP contribution in [0.3, 0.4) is 0 Å². The van der Waals surface area contributed by atoms with Crippen molar-refractivity contribution >= 4 is 50.5 Å². The van der Waals surface area contributed by atoms with Crippen LogP contribution in [-0.4, -0.2) is 46.9 Å². The maximum absolute atomic E-state index is 12.7. The molecule has 4 aromatic rings. The van der Waals surface area contributed by atoms with E-state index in [4.69, 9.17) is 4.74 Å². The largest absolute Gasteiger partial charge is 0.462 e. The molecule has 0 aliphatic carbocycles. The first-order chi connectivity index (χ1) is 16.0. The Morgan fingerprint density at radius 1 is 1.18 bits per heavy atom. The van der Waals surface area contributed by atoms with Gasteiger partial charge in [0, 0.05) is 15.8 Å². The Morgan fingerprint density at radius 3 is 2.76 bits per heavy atom. The van der Waals surface area contributed by atoms with E-state index in [1.54, 1.807) is 37.1 Å². The smallest absolute Gasteiger partial charge is 0.341 e. The van der Waals surface area contributed by atoms with Crippen LogP contribution in [0, 0.1) is 0 Å². The standard InChI is InChI=1S/C23H22N4O4S2/c1-3-31-23(30)20-15(17-9-6-10-32-17)13-33-22(20)26-19(28)12-27(2)11-18-24-16-8-5-4-7-14(16)21(29)25-18/h4-10,13H,3,11-12H2,1-2H3,(H,26,28)(H,24,25,29). The molecule has 8 nitrogen and oxygen atoms in total. The average molecular weight is 483 g/mol. The highest BCUT2D eigenvalue weighted by Crippen LogP contribution is 2.38. The van der Waals surface area contributed by atoms with E-state index in [9.17, 15) is 14.4 Å². The van der Waals surface area contributed by atoms with Crippen molar-refractivity contribution in [2.45, 2.75) is 13.5 Å². The number of nitrogens with zero attached hydrogens (tertiary/aromatic N) is 2. The number of amides is 1. The van der Waals surface area contributed by atoms with E-state index in [1.807, 2.05) is 29.0 Å². The second-order valence-corrected chi connectivity index (χ2v) is 9.13. The summed E-state index contributed by atoms with van der Waals surface area (Å²) in [7, 11) is 1.76. The maximum Gasteiger partial charge on any atom is 0.341 e. The van der Waals surface area contributed by atoms with Gasteiger partial charge in [-0.3, -0.25) is 14.5 Å². The summed E-state index contributed by atoms with van der Waals surface area (Å²) in [5.74, 6) is -0.285. The number of aromatic nitrogens is 2. The lowest BCUT2D eigenvalue weighted by Crippen LogP contribution is -2.31. The Labute approximate surface area is 197 Å². The molecule has 4 rings (SSSR count). The molecule has 3 aromatic heterocycles. The number of rotatable bonds is 8. The third-order valence-electron chi connectivity index (χ3n) is 4.81. The minimum Gasteiger partial charge on any atom is -0.462 e. The number of hydrogen-bond donors (Lipinski definition) is 2. The number of fused-ring (bicyclic) bond motifs is 1. The van der Waals surface area contributed by atoms with Gasteiger partial charge >= 0.3 is 5.97 Å². The second-order valence-electron chi connectivity index (χ2n) is 7.30. The normalized spacial score (nSPS) is 11.1. The second kappa shape index (κ2) is 10.1. The van der Waals surface area contributed by atoms with Crippen molar-refractivity contribution in [3.05, 3.63) is 68.9 Å². The fourth-order valence-electron chi connectivity index (χ4n) is 3.40. The molecule has 0 aliphatic rings. The lowest BCUT2D eigenvalue weighted by Gasteiger charge is -2.16. The molecule has 10 heteroatoms. The van der Waals surface area contributed by atoms with Gasteiger partial charge in [-0.2, -0.15) is 0 Å². The maximum atomic E-state index is 12.7. The van der Waals surface area contributed by atoms with E-state index < -0.39 is 5.97 Å². The molecule has 1 aromatic carbocycles. The SMILES string of the molecule is CCOC(=O)c1c(-c2cccs2)csc1NC(=O)CN(C)Cc1nc2ccccc2c(=O)[nH]1. The molecule has 0 radical (unpaired) electrons. The van der Waals surface area contributed by atoms with Gasteiger partial charge in [-0.15, -0.1) is 22.7 Å². The molecule has 1 amide bonds. The fraction of sp³-hybridized carbons (Fsp3) is 0.217. The Balaban J connectivity index is 1.47. The number of thiophene rings is 2. The number of aromatic amines is 1. The lowest BCUT2D eigenvalue weighted by atomic mass is 10.1. The number of para-hydroxylation sites is 1. The highest BCUT2D eigenvalue weighted by atomic mass is 32.1. The van der Waals surface area contributed by atoms with Gasteiger partial charge in [0.2, 0.25) is 5.91 Å². The number of carbonyl (C=O) groups excluding carboxylic acids is 2. The molecule has 3 heterocycles. The number of H-pyrrole nitrogens is 1. The van der Waals surface area contributed by atoms with Gasteiger partial charge in [-0.25, -0.2) is 9.78 Å². The Kier molecular flexibility index (Phi) is 6.97. The van der Waals surface area contributed by atoms with Crippen LogP contribution < -0.4 is 10.9 Å². The molecule has 0 bridgehead atoms. The first kappa shape index (κ1) is 22.8. The van der Waals surface area contributed by atoms with Crippen LogP contribution >= 0.6 is 22.7 Å². The molecule has 0 aliphatic heterocycles. The van der Waals surface area contributed by atoms with Crippen molar-refractivity contribution in [1.29, 1.82) is 0 Å². The van der Waals surface area contributed by atoms with E-state index in [2.05, 4.69) is 15.3 Å². The number of ether oxygens (including phenoxy) is 1. The van der Waals surface area contributed by atoms with Crippen LogP contribution in [0.25, 0.3) is 21.3 Å². The summed E-state index contributed by atoms with van der Waals surface area (Å²) < 4.78 is 5.22. The molecular weight excluding hydrogens is 460 g/mol. The zero-order valence-electron chi connectivity index (χ0n) is 18.1. The van der Waals surface area contributed by atoms with Crippen molar-refractivity contribution in [1.82, 2.24) is 14.9 Å². The Morgan fingerprint density at radius 2 is 2.00 bits per heavy atom. The number of hydrogen-bond acceptors (Lipinski definition) is 8. The average Bonchev–Trinajstić information content (AvgIpc) is 3.43. The molecule has 0 saturated heterocycles. The molecule has 0 fully saturated rings. The summed E-state index contributed by atoms with van der Waals surface area (Å²) in [5.41, 5.74) is 1.50. The third kappa shape index (κ3) is 5.19. The first-order valence-corrected chi connectivity index (χ1v) is 12.0. The van der Waals surface area contributed by atoms with Crippen molar-refractivity contribution < 1.29 is 14.3 Å². The van der Waals surface area contributed by atoms with Gasteiger partial charge in [-0.1, -0.05) is 18.2 Å². The van der Waals surface area contributed by atoms with Crippen LogP contribution in [0.1, 0.15) is 23.1 Å². The van der Waals surface area contributed by atoms with E-state index in [0.29, 0.717) is 27.3 Å². The molecule has 0 saturated carbocycles. The zero-order chi connectivity index (χ0) is 23.4. The number of anilines is 1. The van der Waals surface area contributed by atoms with Gasteiger partial charge in [0.05, 0.1) is 30.6 Å². The molecule has 2 N–H and O–H groups in total. The predicted octanol–water partition coefficient (Wildman–Crippen LogP) is 3.96. The molecule has 0 spiro atoms. The summed E-state index contributed by atoms with van der Waals surface area (Å²) in [6.07, 6.45) is 0. The van der Waals surface area contributed by atoms with E-state index in [1.165, 1.54) is 22.7 Å². The fourth-order valence-corrected chi connectivity index (χ4v) is 5.19. The van der Waals surface area contributed by atoms with Gasteiger partial charge in [0.25, 0.3) is 5.56 Å². The molecular formula is C23H22N4O4S2. The lowest BCUT2D eigenvalue weighted by molar-refractivity contribution is -0.117. The van der Waals surface area contributed by atoms with Crippen LogP contribution in [0.4, 0.5) is 5.00 Å². The minimum absolute atomic E-state index is 0.0467. The first-order valence-electron chi connectivity index (χ1n) is 10.2. The van der Waals surface area contributed by atoms with Crippen molar-refractivity contribution in [3.63, 3.8) is 0 Å². The number of benzene rings is 1. The highest BCUT2D eigenvalue weighted by Gasteiger charge is 2.23. The number of carbonyl (C=O) groups is 2. The monoisotopic (exact) mass is 482 g/mol. The summed E-state index contributed by atoms with van der Waals surface area (Å²) in [6.45, 7) is 2.31. The van der Waals surface area contributed by atoms with Crippen LogP contribution in [0.15, 0.2) is 52.0 Å². The van der Waals surface area contributed by atoms with Crippen molar-refractivity contribution in [2.75, 3.05) is 25.5 Å². The van der Waals surface area contributed by atoms with Crippen molar-refractivity contribution in [3.8, 4) is 10.4 Å². The zero-order valence-corrected chi connectivity index (χ0v) is 19.7. The topological polar surface area (TPSA) is 104 Å². The number of esters is 1. The van der Waals surface area contributed by atoms with E-state index in [-0.39, 0.29) is 31.2 Å². The third-order valence-corrected chi connectivity index (χ3v) is 6.60. The van der Waals surface area contributed by atoms with Gasteiger partial charge in [0.1, 0.15) is 16.4 Å². The summed E-state index contributed by atoms with van der Waals surface area (Å²) in [6, 6.07) is 10.9. The summed E-state index contributed by atoms with van der Waals surface area (Å²) in [5, 5.41) is 7.59. The van der Waals surface area contributed by atoms with Crippen molar-refractivity contribution in [2.24, 2.45) is 0 Å². The van der Waals surface area contributed by atoms with Gasteiger partial charge in [0.15, 0.2) is 0 Å². The highest BCUT2D eigenvalue weighted by molar-refractivity contribution is 7.17. The summed E-state index contributed by atoms with van der Waals surface area (Å²) in [4.78, 5) is 47.5. The molecule has 0 atom stereocenters. The van der Waals surface area contributed by atoms with E-state index >= 15 is 0 Å². The number of nitrogens with one attached hydrogen (secondary N) is 2. The van der Waals surface area contributed by atoms with Crippen LogP contribution in [0.2, 0.25) is 0 Å². The summed E-state index contributed by atoms with van der Waals surface area (Å²) >= 11 is 2.80. The van der Waals surface area contributed by atoms with E-state index in [0.717, 1.165) is 10.4 Å². The van der Waals surface area contributed by atoms with Crippen LogP contribution in [0.5, 0.6) is 0 Å². The van der Waals surface area contributed by atoms with Gasteiger partial charge in [-0.05, 0) is 37.6 Å². The Hall–Kier alpha value is -3.34. The van der Waals surface area contributed by atoms with Gasteiger partial charge < -0.3 is 15.0 Å². The minimum atomic E-state index is -0.469. The quantitative estimate of drug-likeness (QED) is 0.369. The predicted molar refractivity (Wildman–Crippen MR) is 131 cm³/mol. The Bertz CT molecular complexity index is 1340. The number of likely N-dealkylation sites (N-methyl/N-ethyl adjacent to an activating group) is 1. The molecule has 170 valence electrons. The van der Waals surface area contributed by atoms with Crippen LogP contribution in [-0.2, 0) is 16.1 Å². The molecule has 0 unspecified atom stereocenters. The molecule has 33 heavy (non-hydrogen) atoms.